The molecule has 8 atom stereocenters. The molecule has 0 heterocycles. The first-order chi connectivity index (χ1) is 11.8. The van der Waals surface area contributed by atoms with Crippen LogP contribution < -0.4 is 0 Å². The molecule has 25 heavy (non-hydrogen) atoms. The highest BCUT2D eigenvalue weighted by Gasteiger charge is 2.60. The summed E-state index contributed by atoms with van der Waals surface area (Å²) in [5.41, 5.74) is 0.845. The normalized spacial score (nSPS) is 52.0. The summed E-state index contributed by atoms with van der Waals surface area (Å²) in [5.74, 6) is 4.99. The molecule has 4 fully saturated rings. The lowest BCUT2D eigenvalue weighted by Gasteiger charge is -2.61. The van der Waals surface area contributed by atoms with E-state index in [4.69, 9.17) is 12.2 Å². The minimum Gasteiger partial charge on any atom is -0.300 e. The quantitative estimate of drug-likeness (QED) is 0.542. The fourth-order valence-corrected chi connectivity index (χ4v) is 8.51. The summed E-state index contributed by atoms with van der Waals surface area (Å²) in [6, 6.07) is 0. The van der Waals surface area contributed by atoms with Gasteiger partial charge in [0.05, 0.1) is 0 Å². The van der Waals surface area contributed by atoms with Gasteiger partial charge in [-0.05, 0) is 117 Å². The Morgan fingerprint density at radius 2 is 1.56 bits per heavy atom. The zero-order valence-corrected chi connectivity index (χ0v) is 17.5. The molecule has 2 heteroatoms. The van der Waals surface area contributed by atoms with Crippen LogP contribution in [0.2, 0.25) is 0 Å². The van der Waals surface area contributed by atoms with Crippen LogP contribution in [0.3, 0.4) is 0 Å². The van der Waals surface area contributed by atoms with Crippen molar-refractivity contribution in [3.05, 3.63) is 0 Å². The number of carbonyl (C=O) groups excluding carboxylic acids is 1. The lowest BCUT2D eigenvalue weighted by Crippen LogP contribution is -2.54. The first kappa shape index (κ1) is 18.1. The minimum absolute atomic E-state index is 0.304. The van der Waals surface area contributed by atoms with Gasteiger partial charge in [-0.15, -0.1) is 0 Å². The lowest BCUT2D eigenvalue weighted by atomic mass is 9.44. The van der Waals surface area contributed by atoms with Crippen LogP contribution in [0.15, 0.2) is 0 Å². The molecule has 4 aliphatic carbocycles. The topological polar surface area (TPSA) is 17.1 Å². The molecule has 0 spiro atoms. The summed E-state index contributed by atoms with van der Waals surface area (Å²) in [4.78, 5) is 13.5. The van der Waals surface area contributed by atoms with E-state index in [0.29, 0.717) is 28.4 Å². The van der Waals surface area contributed by atoms with E-state index in [0.717, 1.165) is 30.1 Å². The summed E-state index contributed by atoms with van der Waals surface area (Å²) >= 11 is 5.54. The predicted octanol–water partition coefficient (Wildman–Crippen LogP) is 6.24. The Bertz CT molecular complexity index is 583. The number of hydrogen-bond acceptors (Lipinski definition) is 2. The van der Waals surface area contributed by atoms with Gasteiger partial charge in [0.25, 0.3) is 0 Å². The molecule has 0 aromatic heterocycles. The Morgan fingerprint density at radius 1 is 0.880 bits per heavy atom. The van der Waals surface area contributed by atoms with Gasteiger partial charge in [0.2, 0.25) is 0 Å². The average Bonchev–Trinajstić information content (AvgIpc) is 2.91. The minimum atomic E-state index is 0.304. The molecule has 2 unspecified atom stereocenters. The Kier molecular flexibility index (Phi) is 4.46. The molecule has 140 valence electrons. The summed E-state index contributed by atoms with van der Waals surface area (Å²) in [7, 11) is 0. The van der Waals surface area contributed by atoms with Crippen LogP contribution in [-0.2, 0) is 4.79 Å². The molecule has 4 aliphatic rings. The SMILES string of the molecule is CC(=O)[C@H]1CC[C@H]2[C@@H]3CCC4CC(C(C)=S)CC[C@]4(C)[C@H]3CC[C@]12C. The molecule has 0 amide bonds. The van der Waals surface area contributed by atoms with Crippen LogP contribution in [-0.4, -0.2) is 10.6 Å². The third-order valence-electron chi connectivity index (χ3n) is 9.73. The molecule has 4 rings (SSSR count). The van der Waals surface area contributed by atoms with E-state index in [1.807, 2.05) is 6.92 Å². The highest BCUT2D eigenvalue weighted by molar-refractivity contribution is 7.80. The average molecular weight is 361 g/mol. The summed E-state index contributed by atoms with van der Waals surface area (Å²) in [6.45, 7) is 9.11. The van der Waals surface area contributed by atoms with E-state index in [1.54, 1.807) is 0 Å². The molecular formula is C23H36OS. The van der Waals surface area contributed by atoms with Gasteiger partial charge in [-0.25, -0.2) is 0 Å². The highest BCUT2D eigenvalue weighted by Crippen LogP contribution is 2.67. The van der Waals surface area contributed by atoms with Crippen molar-refractivity contribution in [2.75, 3.05) is 0 Å². The molecule has 0 saturated heterocycles. The molecule has 0 N–H and O–H groups in total. The fraction of sp³-hybridized carbons (Fsp3) is 0.913. The van der Waals surface area contributed by atoms with E-state index >= 15 is 0 Å². The number of ketones is 1. The number of rotatable bonds is 2. The van der Waals surface area contributed by atoms with Crippen molar-refractivity contribution >= 4 is 22.9 Å². The third-order valence-corrected chi connectivity index (χ3v) is 10.1. The Morgan fingerprint density at radius 3 is 2.24 bits per heavy atom. The number of hydrogen-bond donors (Lipinski definition) is 0. The second kappa shape index (κ2) is 6.14. The van der Waals surface area contributed by atoms with Crippen LogP contribution in [0.4, 0.5) is 0 Å². The second-order valence-electron chi connectivity index (χ2n) is 10.5. The van der Waals surface area contributed by atoms with E-state index < -0.39 is 0 Å². The van der Waals surface area contributed by atoms with Crippen molar-refractivity contribution in [3.63, 3.8) is 0 Å². The summed E-state index contributed by atoms with van der Waals surface area (Å²) in [5, 5.41) is 0. The summed E-state index contributed by atoms with van der Waals surface area (Å²) < 4.78 is 0. The largest absolute Gasteiger partial charge is 0.300 e. The number of thiocarbonyl (C=S) groups is 1. The van der Waals surface area contributed by atoms with E-state index in [9.17, 15) is 4.79 Å². The van der Waals surface area contributed by atoms with E-state index in [1.165, 1.54) is 56.2 Å². The maximum absolute atomic E-state index is 12.2. The molecule has 0 aliphatic heterocycles. The van der Waals surface area contributed by atoms with Crippen molar-refractivity contribution in [2.45, 2.75) is 85.5 Å². The lowest BCUT2D eigenvalue weighted by molar-refractivity contribution is -0.134. The van der Waals surface area contributed by atoms with Crippen molar-refractivity contribution in [2.24, 2.45) is 46.3 Å². The Labute approximate surface area is 159 Å². The number of Topliss-reactive ketones (excluding diaryl/α,β-unsaturated/α-hetero) is 1. The number of fused-ring (bicyclic) bond motifs is 5. The van der Waals surface area contributed by atoms with Crippen LogP contribution in [0.5, 0.6) is 0 Å². The Balaban J connectivity index is 1.58. The van der Waals surface area contributed by atoms with E-state index in [-0.39, 0.29) is 0 Å². The molecule has 0 bridgehead atoms. The van der Waals surface area contributed by atoms with Gasteiger partial charge < -0.3 is 0 Å². The van der Waals surface area contributed by atoms with Crippen molar-refractivity contribution < 1.29 is 4.79 Å². The first-order valence-corrected chi connectivity index (χ1v) is 11.2. The van der Waals surface area contributed by atoms with Crippen molar-refractivity contribution in [1.82, 2.24) is 0 Å². The van der Waals surface area contributed by atoms with Crippen LogP contribution in [0, 0.1) is 46.3 Å². The zero-order chi connectivity index (χ0) is 18.0. The van der Waals surface area contributed by atoms with Gasteiger partial charge >= 0.3 is 0 Å². The summed E-state index contributed by atoms with van der Waals surface area (Å²) in [6.07, 6.45) is 12.0. The van der Waals surface area contributed by atoms with Crippen LogP contribution >= 0.6 is 12.2 Å². The van der Waals surface area contributed by atoms with Crippen molar-refractivity contribution in [1.29, 1.82) is 0 Å². The van der Waals surface area contributed by atoms with Gasteiger partial charge in [0.1, 0.15) is 5.78 Å². The van der Waals surface area contributed by atoms with Gasteiger partial charge in [-0.1, -0.05) is 26.1 Å². The molecule has 1 nitrogen and oxygen atoms in total. The van der Waals surface area contributed by atoms with Crippen LogP contribution in [0.1, 0.15) is 85.5 Å². The third kappa shape index (κ3) is 2.60. The predicted molar refractivity (Wildman–Crippen MR) is 108 cm³/mol. The highest BCUT2D eigenvalue weighted by atomic mass is 32.1. The van der Waals surface area contributed by atoms with E-state index in [2.05, 4.69) is 20.8 Å². The maximum atomic E-state index is 12.2. The fourth-order valence-electron chi connectivity index (χ4n) is 8.30. The Hall–Kier alpha value is -0.240. The van der Waals surface area contributed by atoms with Gasteiger partial charge in [-0.3, -0.25) is 4.79 Å². The smallest absolute Gasteiger partial charge is 0.133 e. The monoisotopic (exact) mass is 360 g/mol. The van der Waals surface area contributed by atoms with Gasteiger partial charge in [0, 0.05) is 5.92 Å². The number of carbonyl (C=O) groups is 1. The van der Waals surface area contributed by atoms with Gasteiger partial charge in [-0.2, -0.15) is 0 Å². The molecule has 0 aromatic carbocycles. The van der Waals surface area contributed by atoms with Crippen LogP contribution in [0.25, 0.3) is 0 Å². The molecule has 0 radical (unpaired) electrons. The van der Waals surface area contributed by atoms with Crippen molar-refractivity contribution in [3.8, 4) is 0 Å². The molecular weight excluding hydrogens is 324 g/mol. The maximum Gasteiger partial charge on any atom is 0.133 e. The molecule has 0 aromatic rings. The van der Waals surface area contributed by atoms with Gasteiger partial charge in [0.15, 0.2) is 0 Å². The zero-order valence-electron chi connectivity index (χ0n) is 16.6. The second-order valence-corrected chi connectivity index (χ2v) is 11.2. The standard InChI is InChI=1S/C23H36OS/c1-14(24)19-7-8-20-18-6-5-17-13-16(15(2)25)9-11-22(17,3)21(18)10-12-23(19,20)4/h16-21H,5-13H2,1-4H3/t16?,17?,18-,19+,20-,21-,22-,23+/m0/s1. The first-order valence-electron chi connectivity index (χ1n) is 10.8. The molecule has 4 saturated carbocycles.